The second-order valence-electron chi connectivity index (χ2n) is 5.17. The first-order valence-corrected chi connectivity index (χ1v) is 10.1. The molecular weight excluding hydrogens is 354 g/mol. The Morgan fingerprint density at radius 2 is 2.09 bits per heavy atom. The fraction of sp³-hybridized carbons (Fsp3) is 0.615. The van der Waals surface area contributed by atoms with Crippen LogP contribution in [0, 0.1) is 6.92 Å². The van der Waals surface area contributed by atoms with Crippen molar-refractivity contribution in [3.63, 3.8) is 0 Å². The highest BCUT2D eigenvalue weighted by Gasteiger charge is 2.17. The van der Waals surface area contributed by atoms with E-state index in [9.17, 15) is 4.79 Å². The molecule has 1 fully saturated rings. The molecule has 23 heavy (non-hydrogen) atoms. The van der Waals surface area contributed by atoms with Gasteiger partial charge in [0.05, 0.1) is 5.75 Å². The van der Waals surface area contributed by atoms with Crippen LogP contribution in [0.1, 0.15) is 38.0 Å². The molecule has 2 aromatic rings. The largest absolute Gasteiger partial charge is 0.416 e. The van der Waals surface area contributed by atoms with Crippen LogP contribution in [0.15, 0.2) is 14.0 Å². The van der Waals surface area contributed by atoms with E-state index >= 15 is 0 Å². The molecule has 0 unspecified atom stereocenters. The first-order chi connectivity index (χ1) is 11.2. The van der Waals surface area contributed by atoms with E-state index in [0.29, 0.717) is 21.5 Å². The zero-order valence-corrected chi connectivity index (χ0v) is 15.1. The number of amides is 1. The maximum absolute atomic E-state index is 11.9. The highest BCUT2D eigenvalue weighted by Crippen LogP contribution is 2.35. The van der Waals surface area contributed by atoms with E-state index in [1.165, 1.54) is 55.2 Å². The van der Waals surface area contributed by atoms with Crippen molar-refractivity contribution in [3.8, 4) is 0 Å². The minimum absolute atomic E-state index is 0.156. The average molecular weight is 372 g/mol. The molecule has 7 nitrogen and oxygen atoms in total. The lowest BCUT2D eigenvalue weighted by Crippen LogP contribution is -2.13. The zero-order valence-electron chi connectivity index (χ0n) is 12.7. The van der Waals surface area contributed by atoms with Crippen LogP contribution in [-0.2, 0) is 4.79 Å². The molecule has 1 aliphatic carbocycles. The summed E-state index contributed by atoms with van der Waals surface area (Å²) in [6.45, 7) is 1.71. The molecule has 124 valence electrons. The molecule has 1 saturated carbocycles. The second-order valence-corrected chi connectivity index (χ2v) is 8.63. The lowest BCUT2D eigenvalue weighted by Gasteiger charge is -2.19. The summed E-state index contributed by atoms with van der Waals surface area (Å²) in [5, 5.41) is 20.1. The maximum atomic E-state index is 11.9. The van der Waals surface area contributed by atoms with Crippen molar-refractivity contribution in [2.75, 3.05) is 11.1 Å². The van der Waals surface area contributed by atoms with Crippen LogP contribution in [0.2, 0.25) is 0 Å². The first-order valence-electron chi connectivity index (χ1n) is 7.42. The molecule has 1 aliphatic rings. The lowest BCUT2D eigenvalue weighted by atomic mass is 10.0. The van der Waals surface area contributed by atoms with Gasteiger partial charge in [0.2, 0.25) is 16.9 Å². The van der Waals surface area contributed by atoms with Crippen molar-refractivity contribution in [2.45, 2.75) is 53.8 Å². The van der Waals surface area contributed by atoms with Crippen molar-refractivity contribution in [3.05, 3.63) is 5.89 Å². The van der Waals surface area contributed by atoms with E-state index in [2.05, 4.69) is 25.7 Å². The SMILES string of the molecule is Cc1nnc(SCC(=O)Nc2nnc(SC3CCCCC3)s2)o1. The molecule has 0 bridgehead atoms. The van der Waals surface area contributed by atoms with Gasteiger partial charge in [0.1, 0.15) is 0 Å². The predicted octanol–water partition coefficient (Wildman–Crippen LogP) is 3.39. The third-order valence-corrected chi connectivity index (χ3v) is 6.39. The van der Waals surface area contributed by atoms with Crippen molar-refractivity contribution in [1.82, 2.24) is 20.4 Å². The van der Waals surface area contributed by atoms with E-state index in [0.717, 1.165) is 4.34 Å². The Morgan fingerprint density at radius 3 is 2.83 bits per heavy atom. The van der Waals surface area contributed by atoms with Gasteiger partial charge in [-0.2, -0.15) is 0 Å². The smallest absolute Gasteiger partial charge is 0.277 e. The molecule has 1 amide bonds. The van der Waals surface area contributed by atoms with Crippen molar-refractivity contribution in [2.24, 2.45) is 0 Å². The van der Waals surface area contributed by atoms with Crippen molar-refractivity contribution >= 4 is 45.9 Å². The van der Waals surface area contributed by atoms with E-state index in [1.807, 2.05) is 0 Å². The van der Waals surface area contributed by atoms with Crippen LogP contribution in [0.3, 0.4) is 0 Å². The molecule has 0 aliphatic heterocycles. The monoisotopic (exact) mass is 371 g/mol. The summed E-state index contributed by atoms with van der Waals surface area (Å²) in [5.74, 6) is 0.532. The third-order valence-electron chi connectivity index (χ3n) is 3.31. The summed E-state index contributed by atoms with van der Waals surface area (Å²) < 4.78 is 6.13. The van der Waals surface area contributed by atoms with Crippen LogP contribution >= 0.6 is 34.9 Å². The number of thioether (sulfide) groups is 2. The van der Waals surface area contributed by atoms with E-state index in [1.54, 1.807) is 18.7 Å². The topological polar surface area (TPSA) is 93.8 Å². The molecule has 0 saturated heterocycles. The number of aryl methyl sites for hydroxylation is 1. The van der Waals surface area contributed by atoms with E-state index in [-0.39, 0.29) is 11.7 Å². The fourth-order valence-electron chi connectivity index (χ4n) is 2.25. The summed E-state index contributed by atoms with van der Waals surface area (Å²) in [5.41, 5.74) is 0. The van der Waals surface area contributed by atoms with Gasteiger partial charge in [0.25, 0.3) is 5.22 Å². The number of nitrogens with one attached hydrogen (secondary N) is 1. The number of carbonyl (C=O) groups is 1. The predicted molar refractivity (Wildman–Crippen MR) is 91.0 cm³/mol. The van der Waals surface area contributed by atoms with E-state index in [4.69, 9.17) is 4.42 Å². The quantitative estimate of drug-likeness (QED) is 0.610. The third kappa shape index (κ3) is 5.18. The number of carbonyl (C=O) groups excluding carboxylic acids is 1. The van der Waals surface area contributed by atoms with Gasteiger partial charge in [-0.1, -0.05) is 54.1 Å². The van der Waals surface area contributed by atoms with Gasteiger partial charge in [-0.05, 0) is 12.8 Å². The van der Waals surface area contributed by atoms with Gasteiger partial charge >= 0.3 is 0 Å². The molecule has 0 aromatic carbocycles. The van der Waals surface area contributed by atoms with Crippen LogP contribution in [0.4, 0.5) is 5.13 Å². The van der Waals surface area contributed by atoms with Gasteiger partial charge in [-0.15, -0.1) is 20.4 Å². The number of rotatable bonds is 6. The molecule has 2 heterocycles. The molecule has 1 N–H and O–H groups in total. The number of nitrogens with zero attached hydrogens (tertiary/aromatic N) is 4. The first kappa shape index (κ1) is 16.7. The Morgan fingerprint density at radius 1 is 1.26 bits per heavy atom. The number of hydrogen-bond acceptors (Lipinski definition) is 9. The molecule has 0 radical (unpaired) electrons. The molecule has 0 spiro atoms. The Kier molecular flexibility index (Phi) is 5.90. The van der Waals surface area contributed by atoms with Gasteiger partial charge in [0, 0.05) is 12.2 Å². The molecule has 2 aromatic heterocycles. The van der Waals surface area contributed by atoms with E-state index < -0.39 is 0 Å². The normalized spacial score (nSPS) is 15.7. The minimum Gasteiger partial charge on any atom is -0.416 e. The summed E-state index contributed by atoms with van der Waals surface area (Å²) in [6, 6.07) is 0. The summed E-state index contributed by atoms with van der Waals surface area (Å²) in [4.78, 5) is 11.9. The summed E-state index contributed by atoms with van der Waals surface area (Å²) in [6.07, 6.45) is 6.42. The van der Waals surface area contributed by atoms with Crippen molar-refractivity contribution in [1.29, 1.82) is 0 Å². The summed E-state index contributed by atoms with van der Waals surface area (Å²) >= 11 is 4.41. The highest BCUT2D eigenvalue weighted by atomic mass is 32.2. The Balaban J connectivity index is 1.45. The fourth-order valence-corrected chi connectivity index (χ4v) is 5.13. The van der Waals surface area contributed by atoms with Gasteiger partial charge in [-0.25, -0.2) is 0 Å². The zero-order chi connectivity index (χ0) is 16.1. The van der Waals surface area contributed by atoms with Crippen LogP contribution in [-0.4, -0.2) is 37.3 Å². The standard InChI is InChI=1S/C13H17N5O2S3/c1-8-15-17-12(20-8)21-7-10(19)14-11-16-18-13(23-11)22-9-5-3-2-4-6-9/h9H,2-7H2,1H3,(H,14,16,19). The minimum atomic E-state index is -0.156. The number of aromatic nitrogens is 4. The average Bonchev–Trinajstić information content (AvgIpc) is 3.15. The highest BCUT2D eigenvalue weighted by molar-refractivity contribution is 8.01. The van der Waals surface area contributed by atoms with Crippen LogP contribution < -0.4 is 5.32 Å². The van der Waals surface area contributed by atoms with Crippen LogP contribution in [0.25, 0.3) is 0 Å². The number of anilines is 1. The molecule has 10 heteroatoms. The Labute approximate surface area is 146 Å². The second kappa shape index (κ2) is 8.11. The maximum Gasteiger partial charge on any atom is 0.277 e. The molecule has 3 rings (SSSR count). The van der Waals surface area contributed by atoms with Gasteiger partial charge < -0.3 is 4.42 Å². The number of hydrogen-bond donors (Lipinski definition) is 1. The molecular formula is C13H17N5O2S3. The lowest BCUT2D eigenvalue weighted by molar-refractivity contribution is -0.113. The van der Waals surface area contributed by atoms with Crippen LogP contribution in [0.5, 0.6) is 0 Å². The summed E-state index contributed by atoms with van der Waals surface area (Å²) in [7, 11) is 0. The van der Waals surface area contributed by atoms with Crippen molar-refractivity contribution < 1.29 is 9.21 Å². The Bertz CT molecular complexity index is 654. The Hall–Kier alpha value is -1.13. The molecule has 0 atom stereocenters. The van der Waals surface area contributed by atoms with Gasteiger partial charge in [0.15, 0.2) is 4.34 Å². The van der Waals surface area contributed by atoms with Gasteiger partial charge in [-0.3, -0.25) is 10.1 Å².